The third-order valence-corrected chi connectivity index (χ3v) is 3.26. The molecule has 2 aromatic carbocycles. The molecule has 0 aliphatic heterocycles. The predicted molar refractivity (Wildman–Crippen MR) is 65.3 cm³/mol. The lowest BCUT2D eigenvalue weighted by Gasteiger charge is -2.06. The minimum atomic E-state index is 1.25. The van der Waals surface area contributed by atoms with E-state index in [0.717, 1.165) is 0 Å². The summed E-state index contributed by atoms with van der Waals surface area (Å²) in [6, 6.07) is 10.9. The lowest BCUT2D eigenvalue weighted by Crippen LogP contribution is -1.84. The van der Waals surface area contributed by atoms with E-state index in [-0.39, 0.29) is 0 Å². The van der Waals surface area contributed by atoms with Crippen LogP contribution in [-0.4, -0.2) is 4.98 Å². The van der Waals surface area contributed by atoms with Crippen LogP contribution in [0.5, 0.6) is 0 Å². The number of H-pyrrole nitrogens is 1. The Bertz CT molecular complexity index is 647. The largest absolute Gasteiger partial charge is 0.361 e. The summed E-state index contributed by atoms with van der Waals surface area (Å²) >= 11 is 0. The van der Waals surface area contributed by atoms with Crippen LogP contribution in [0.15, 0.2) is 36.5 Å². The second-order valence-corrected chi connectivity index (χ2v) is 4.11. The molecule has 0 radical (unpaired) electrons. The number of hydrogen-bond acceptors (Lipinski definition) is 0. The molecule has 1 heteroatoms. The van der Waals surface area contributed by atoms with E-state index in [9.17, 15) is 0 Å². The SMILES string of the molecule is Cc1ccc2c(ccc3cc[nH]c32)c1C. The molecule has 0 aliphatic carbocycles. The molecule has 0 spiro atoms. The first kappa shape index (κ1) is 8.54. The Morgan fingerprint density at radius 1 is 0.867 bits per heavy atom. The van der Waals surface area contributed by atoms with E-state index < -0.39 is 0 Å². The van der Waals surface area contributed by atoms with Crippen molar-refractivity contribution >= 4 is 21.7 Å². The van der Waals surface area contributed by atoms with E-state index in [1.54, 1.807) is 0 Å². The number of hydrogen-bond donors (Lipinski definition) is 1. The zero-order valence-electron chi connectivity index (χ0n) is 8.96. The lowest BCUT2D eigenvalue weighted by molar-refractivity contribution is 1.38. The second-order valence-electron chi connectivity index (χ2n) is 4.11. The number of aryl methyl sites for hydroxylation is 2. The highest BCUT2D eigenvalue weighted by Crippen LogP contribution is 2.27. The first-order valence-electron chi connectivity index (χ1n) is 5.23. The van der Waals surface area contributed by atoms with Gasteiger partial charge in [0, 0.05) is 17.0 Å². The van der Waals surface area contributed by atoms with Crippen LogP contribution in [0.25, 0.3) is 21.7 Å². The van der Waals surface area contributed by atoms with Gasteiger partial charge in [-0.25, -0.2) is 0 Å². The fourth-order valence-corrected chi connectivity index (χ4v) is 2.20. The fourth-order valence-electron chi connectivity index (χ4n) is 2.20. The maximum Gasteiger partial charge on any atom is 0.0533 e. The van der Waals surface area contributed by atoms with Gasteiger partial charge in [0.05, 0.1) is 5.52 Å². The molecule has 0 amide bonds. The predicted octanol–water partition coefficient (Wildman–Crippen LogP) is 3.94. The Hall–Kier alpha value is -1.76. The van der Waals surface area contributed by atoms with Crippen molar-refractivity contribution in [3.8, 4) is 0 Å². The number of rotatable bonds is 0. The van der Waals surface area contributed by atoms with Gasteiger partial charge in [-0.3, -0.25) is 0 Å². The summed E-state index contributed by atoms with van der Waals surface area (Å²) in [5, 5.41) is 3.95. The third-order valence-electron chi connectivity index (χ3n) is 3.26. The number of aromatic nitrogens is 1. The lowest BCUT2D eigenvalue weighted by atomic mass is 9.99. The summed E-state index contributed by atoms with van der Waals surface area (Å²) in [6.07, 6.45) is 2.00. The Morgan fingerprint density at radius 2 is 1.67 bits per heavy atom. The second kappa shape index (κ2) is 2.86. The maximum atomic E-state index is 3.31. The van der Waals surface area contributed by atoms with E-state index >= 15 is 0 Å². The summed E-state index contributed by atoms with van der Waals surface area (Å²) < 4.78 is 0. The molecule has 3 aromatic rings. The molecule has 0 fully saturated rings. The van der Waals surface area contributed by atoms with Crippen molar-refractivity contribution in [1.82, 2.24) is 4.98 Å². The van der Waals surface area contributed by atoms with Crippen LogP contribution in [0.2, 0.25) is 0 Å². The first-order chi connectivity index (χ1) is 7.27. The Labute approximate surface area is 88.7 Å². The van der Waals surface area contributed by atoms with Gasteiger partial charge in [0.2, 0.25) is 0 Å². The van der Waals surface area contributed by atoms with E-state index in [0.29, 0.717) is 0 Å². The van der Waals surface area contributed by atoms with Gasteiger partial charge in [0.1, 0.15) is 0 Å². The van der Waals surface area contributed by atoms with Crippen molar-refractivity contribution in [3.63, 3.8) is 0 Å². The van der Waals surface area contributed by atoms with Gasteiger partial charge >= 0.3 is 0 Å². The van der Waals surface area contributed by atoms with Crippen molar-refractivity contribution < 1.29 is 0 Å². The van der Waals surface area contributed by atoms with Gasteiger partial charge in [-0.05, 0) is 36.4 Å². The maximum absolute atomic E-state index is 3.31. The van der Waals surface area contributed by atoms with Crippen LogP contribution in [0, 0.1) is 13.8 Å². The van der Waals surface area contributed by atoms with Crippen LogP contribution in [0.4, 0.5) is 0 Å². The zero-order valence-corrected chi connectivity index (χ0v) is 8.96. The van der Waals surface area contributed by atoms with Gasteiger partial charge in [-0.15, -0.1) is 0 Å². The standard InChI is InChI=1S/C14H13N/c1-9-3-5-13-12(10(9)2)6-4-11-7-8-15-14(11)13/h3-8,15H,1-2H3. The highest BCUT2D eigenvalue weighted by atomic mass is 14.7. The molecule has 0 saturated carbocycles. The quantitative estimate of drug-likeness (QED) is 0.559. The molecule has 0 unspecified atom stereocenters. The molecule has 0 bridgehead atoms. The van der Waals surface area contributed by atoms with Gasteiger partial charge in [0.25, 0.3) is 0 Å². The van der Waals surface area contributed by atoms with E-state index in [4.69, 9.17) is 0 Å². The highest BCUT2D eigenvalue weighted by molar-refractivity contribution is 6.06. The van der Waals surface area contributed by atoms with Crippen LogP contribution in [-0.2, 0) is 0 Å². The molecule has 0 saturated heterocycles. The molecule has 15 heavy (non-hydrogen) atoms. The van der Waals surface area contributed by atoms with Crippen LogP contribution >= 0.6 is 0 Å². The molecule has 1 N–H and O–H groups in total. The van der Waals surface area contributed by atoms with Crippen molar-refractivity contribution in [3.05, 3.63) is 47.7 Å². The Kier molecular flexibility index (Phi) is 1.63. The zero-order chi connectivity index (χ0) is 10.4. The van der Waals surface area contributed by atoms with E-state index in [1.807, 2.05) is 6.20 Å². The average Bonchev–Trinajstić information content (AvgIpc) is 2.71. The monoisotopic (exact) mass is 195 g/mol. The molecular weight excluding hydrogens is 182 g/mol. The van der Waals surface area contributed by atoms with Crippen molar-refractivity contribution in [2.24, 2.45) is 0 Å². The topological polar surface area (TPSA) is 15.8 Å². The number of aromatic amines is 1. The van der Waals surface area contributed by atoms with Crippen molar-refractivity contribution in [2.75, 3.05) is 0 Å². The molecule has 74 valence electrons. The van der Waals surface area contributed by atoms with Gasteiger partial charge < -0.3 is 4.98 Å². The Morgan fingerprint density at radius 3 is 2.53 bits per heavy atom. The Balaban J connectivity index is 2.60. The van der Waals surface area contributed by atoms with E-state index in [2.05, 4.69) is 49.2 Å². The first-order valence-corrected chi connectivity index (χ1v) is 5.23. The summed E-state index contributed by atoms with van der Waals surface area (Å²) in [5.41, 5.74) is 3.98. The number of benzene rings is 2. The van der Waals surface area contributed by atoms with Crippen molar-refractivity contribution in [2.45, 2.75) is 13.8 Å². The number of fused-ring (bicyclic) bond motifs is 3. The van der Waals surface area contributed by atoms with Crippen LogP contribution < -0.4 is 0 Å². The van der Waals surface area contributed by atoms with Gasteiger partial charge in [-0.2, -0.15) is 0 Å². The molecule has 3 rings (SSSR count). The van der Waals surface area contributed by atoms with Gasteiger partial charge in [0.15, 0.2) is 0 Å². The normalized spacial score (nSPS) is 11.3. The van der Waals surface area contributed by atoms with Crippen LogP contribution in [0.1, 0.15) is 11.1 Å². The molecular formula is C14H13N. The van der Waals surface area contributed by atoms with Crippen molar-refractivity contribution in [1.29, 1.82) is 0 Å². The third kappa shape index (κ3) is 1.09. The van der Waals surface area contributed by atoms with Crippen LogP contribution in [0.3, 0.4) is 0 Å². The molecule has 1 aromatic heterocycles. The molecule has 0 aliphatic rings. The molecule has 0 atom stereocenters. The summed E-state index contributed by atoms with van der Waals surface area (Å²) in [7, 11) is 0. The minimum Gasteiger partial charge on any atom is -0.361 e. The summed E-state index contributed by atoms with van der Waals surface area (Å²) in [6.45, 7) is 4.35. The average molecular weight is 195 g/mol. The molecule has 1 heterocycles. The van der Waals surface area contributed by atoms with Gasteiger partial charge in [-0.1, -0.05) is 24.3 Å². The highest BCUT2D eigenvalue weighted by Gasteiger charge is 2.04. The summed E-state index contributed by atoms with van der Waals surface area (Å²) in [4.78, 5) is 3.31. The van der Waals surface area contributed by atoms with E-state index in [1.165, 1.54) is 32.8 Å². The fraction of sp³-hybridized carbons (Fsp3) is 0.143. The number of nitrogens with one attached hydrogen (secondary N) is 1. The summed E-state index contributed by atoms with van der Waals surface area (Å²) in [5.74, 6) is 0. The smallest absolute Gasteiger partial charge is 0.0533 e. The minimum absolute atomic E-state index is 1.25. The molecule has 1 nitrogen and oxygen atoms in total.